The van der Waals surface area contributed by atoms with E-state index >= 15 is 0 Å². The van der Waals surface area contributed by atoms with E-state index in [-0.39, 0.29) is 24.6 Å². The van der Waals surface area contributed by atoms with Crippen LogP contribution in [0.1, 0.15) is 10.4 Å². The van der Waals surface area contributed by atoms with Gasteiger partial charge >= 0.3 is 0 Å². The minimum atomic E-state index is -0.844. The molecule has 0 saturated heterocycles. The number of hydrogen-bond donors (Lipinski definition) is 2. The lowest BCUT2D eigenvalue weighted by Crippen LogP contribution is -2.36. The first-order chi connectivity index (χ1) is 12.1. The van der Waals surface area contributed by atoms with Crippen molar-refractivity contribution in [2.45, 2.75) is 12.6 Å². The molecular formula is C19H19N3O3. The summed E-state index contributed by atoms with van der Waals surface area (Å²) in [5.74, 6) is -0.265. The zero-order chi connectivity index (χ0) is 17.6. The van der Waals surface area contributed by atoms with Gasteiger partial charge in [0.05, 0.1) is 12.6 Å². The molecule has 0 aliphatic heterocycles. The first-order valence-electron chi connectivity index (χ1n) is 7.98. The van der Waals surface area contributed by atoms with Crippen molar-refractivity contribution in [1.29, 1.82) is 0 Å². The maximum Gasteiger partial charge on any atom is 0.251 e. The minimum absolute atomic E-state index is 0.0690. The normalized spacial score (nSPS) is 11.9. The summed E-state index contributed by atoms with van der Waals surface area (Å²) >= 11 is 0. The topological polar surface area (TPSA) is 76.3 Å². The van der Waals surface area contributed by atoms with Crippen LogP contribution in [0.2, 0.25) is 0 Å². The Balaban J connectivity index is 1.55. The molecule has 1 amide bonds. The number of rotatable bonds is 6. The Bertz CT molecular complexity index is 883. The summed E-state index contributed by atoms with van der Waals surface area (Å²) in [6.07, 6.45) is 4.62. The molecule has 1 aromatic carbocycles. The van der Waals surface area contributed by atoms with Gasteiger partial charge in [0, 0.05) is 42.5 Å². The van der Waals surface area contributed by atoms with E-state index in [0.29, 0.717) is 5.56 Å². The maximum atomic E-state index is 12.2. The third-order valence-corrected chi connectivity index (χ3v) is 3.84. The van der Waals surface area contributed by atoms with E-state index in [2.05, 4.69) is 5.32 Å². The Morgan fingerprint density at radius 1 is 1.00 bits per heavy atom. The van der Waals surface area contributed by atoms with Gasteiger partial charge in [-0.05, 0) is 42.5 Å². The summed E-state index contributed by atoms with van der Waals surface area (Å²) in [4.78, 5) is 23.8. The van der Waals surface area contributed by atoms with E-state index < -0.39 is 6.10 Å². The molecule has 6 heteroatoms. The highest BCUT2D eigenvalue weighted by Crippen LogP contribution is 2.10. The third-order valence-electron chi connectivity index (χ3n) is 3.84. The third kappa shape index (κ3) is 4.24. The average Bonchev–Trinajstić information content (AvgIpc) is 3.16. The van der Waals surface area contributed by atoms with E-state index in [1.807, 2.05) is 41.2 Å². The predicted molar refractivity (Wildman–Crippen MR) is 94.8 cm³/mol. The smallest absolute Gasteiger partial charge is 0.251 e. The molecular weight excluding hydrogens is 318 g/mol. The lowest BCUT2D eigenvalue weighted by Gasteiger charge is -2.13. The van der Waals surface area contributed by atoms with E-state index in [0.717, 1.165) is 5.69 Å². The number of nitrogens with one attached hydrogen (secondary N) is 1. The molecule has 0 fully saturated rings. The number of amides is 1. The van der Waals surface area contributed by atoms with Crippen LogP contribution >= 0.6 is 0 Å². The van der Waals surface area contributed by atoms with E-state index in [9.17, 15) is 14.7 Å². The van der Waals surface area contributed by atoms with Gasteiger partial charge in [-0.2, -0.15) is 0 Å². The standard InChI is InChI=1S/C19H19N3O3/c23-17(14-22-12-2-1-5-18(22)24)13-20-19(25)15-6-8-16(9-7-15)21-10-3-4-11-21/h1-12,17,23H,13-14H2,(H,20,25). The Labute approximate surface area is 145 Å². The minimum Gasteiger partial charge on any atom is -0.389 e. The number of carbonyl (C=O) groups excluding carboxylic acids is 1. The molecule has 3 rings (SSSR count). The highest BCUT2D eigenvalue weighted by molar-refractivity contribution is 5.94. The van der Waals surface area contributed by atoms with Gasteiger partial charge in [0.2, 0.25) is 0 Å². The predicted octanol–water partition coefficient (Wildman–Crippen LogP) is 1.43. The van der Waals surface area contributed by atoms with Crippen LogP contribution in [0, 0.1) is 0 Å². The van der Waals surface area contributed by atoms with Gasteiger partial charge in [0.1, 0.15) is 0 Å². The molecule has 6 nitrogen and oxygen atoms in total. The van der Waals surface area contributed by atoms with Gasteiger partial charge in [-0.1, -0.05) is 6.07 Å². The molecule has 1 atom stereocenters. The molecule has 2 N–H and O–H groups in total. The van der Waals surface area contributed by atoms with Gasteiger partial charge < -0.3 is 19.6 Å². The van der Waals surface area contributed by atoms with E-state index in [1.54, 1.807) is 30.5 Å². The van der Waals surface area contributed by atoms with Crippen molar-refractivity contribution in [2.75, 3.05) is 6.54 Å². The molecule has 0 spiro atoms. The number of nitrogens with zero attached hydrogens (tertiary/aromatic N) is 2. The molecule has 0 aliphatic carbocycles. The Morgan fingerprint density at radius 2 is 1.68 bits per heavy atom. The van der Waals surface area contributed by atoms with Crippen LogP contribution in [0.15, 0.2) is 78.0 Å². The summed E-state index contributed by atoms with van der Waals surface area (Å²) in [5.41, 5.74) is 1.29. The van der Waals surface area contributed by atoms with Gasteiger partial charge in [-0.15, -0.1) is 0 Å². The van der Waals surface area contributed by atoms with Crippen molar-refractivity contribution in [3.8, 4) is 5.69 Å². The van der Waals surface area contributed by atoms with Gasteiger partial charge in [0.25, 0.3) is 11.5 Å². The summed E-state index contributed by atoms with van der Waals surface area (Å²) < 4.78 is 3.35. The quantitative estimate of drug-likeness (QED) is 0.714. The Kier molecular flexibility index (Phi) is 5.11. The monoisotopic (exact) mass is 337 g/mol. The van der Waals surface area contributed by atoms with Crippen molar-refractivity contribution in [3.63, 3.8) is 0 Å². The van der Waals surface area contributed by atoms with Gasteiger partial charge in [0.15, 0.2) is 0 Å². The molecule has 128 valence electrons. The lowest BCUT2D eigenvalue weighted by atomic mass is 10.2. The van der Waals surface area contributed by atoms with Crippen LogP contribution in [0.25, 0.3) is 5.69 Å². The molecule has 0 bridgehead atoms. The number of aliphatic hydroxyl groups is 1. The summed E-state index contributed by atoms with van der Waals surface area (Å²) in [5, 5.41) is 12.7. The second kappa shape index (κ2) is 7.63. The fourth-order valence-corrected chi connectivity index (χ4v) is 2.51. The number of aliphatic hydroxyl groups excluding tert-OH is 1. The second-order valence-corrected chi connectivity index (χ2v) is 5.69. The maximum absolute atomic E-state index is 12.2. The number of pyridine rings is 1. The fourth-order valence-electron chi connectivity index (χ4n) is 2.51. The van der Waals surface area contributed by atoms with Crippen LogP contribution in [0.3, 0.4) is 0 Å². The van der Waals surface area contributed by atoms with E-state index in [1.165, 1.54) is 10.6 Å². The van der Waals surface area contributed by atoms with Crippen LogP contribution in [-0.4, -0.2) is 32.8 Å². The second-order valence-electron chi connectivity index (χ2n) is 5.69. The molecule has 3 aromatic rings. The largest absolute Gasteiger partial charge is 0.389 e. The number of hydrogen-bond acceptors (Lipinski definition) is 3. The lowest BCUT2D eigenvalue weighted by molar-refractivity contribution is 0.0903. The zero-order valence-corrected chi connectivity index (χ0v) is 13.6. The van der Waals surface area contributed by atoms with Crippen LogP contribution in [0.5, 0.6) is 0 Å². The number of benzene rings is 1. The first kappa shape index (κ1) is 16.7. The zero-order valence-electron chi connectivity index (χ0n) is 13.6. The van der Waals surface area contributed by atoms with Crippen molar-refractivity contribution in [1.82, 2.24) is 14.5 Å². The Hall–Kier alpha value is -3.12. The summed E-state index contributed by atoms with van der Waals surface area (Å²) in [6.45, 7) is 0.200. The van der Waals surface area contributed by atoms with Crippen molar-refractivity contribution >= 4 is 5.91 Å². The average molecular weight is 337 g/mol. The van der Waals surface area contributed by atoms with Crippen molar-refractivity contribution < 1.29 is 9.90 Å². The summed E-state index contributed by atoms with van der Waals surface area (Å²) in [6, 6.07) is 15.8. The molecule has 0 saturated carbocycles. The molecule has 1 unspecified atom stereocenters. The first-order valence-corrected chi connectivity index (χ1v) is 7.98. The molecule has 0 radical (unpaired) electrons. The number of carbonyl (C=O) groups is 1. The Morgan fingerprint density at radius 3 is 2.36 bits per heavy atom. The molecule has 2 aromatic heterocycles. The molecule has 2 heterocycles. The van der Waals surface area contributed by atoms with Crippen LogP contribution < -0.4 is 10.9 Å². The van der Waals surface area contributed by atoms with Crippen molar-refractivity contribution in [2.24, 2.45) is 0 Å². The van der Waals surface area contributed by atoms with Crippen LogP contribution in [-0.2, 0) is 6.54 Å². The van der Waals surface area contributed by atoms with Crippen LogP contribution in [0.4, 0.5) is 0 Å². The fraction of sp³-hybridized carbons (Fsp3) is 0.158. The summed E-state index contributed by atoms with van der Waals surface area (Å²) in [7, 11) is 0. The number of aromatic nitrogens is 2. The van der Waals surface area contributed by atoms with Crippen molar-refractivity contribution in [3.05, 3.63) is 89.1 Å². The van der Waals surface area contributed by atoms with Gasteiger partial charge in [-0.25, -0.2) is 0 Å². The highest BCUT2D eigenvalue weighted by Gasteiger charge is 2.10. The molecule has 0 aliphatic rings. The molecule has 25 heavy (non-hydrogen) atoms. The highest BCUT2D eigenvalue weighted by atomic mass is 16.3. The van der Waals surface area contributed by atoms with E-state index in [4.69, 9.17) is 0 Å². The SMILES string of the molecule is O=C(NCC(O)Cn1ccccc1=O)c1ccc(-n2cccc2)cc1. The van der Waals surface area contributed by atoms with Gasteiger partial charge in [-0.3, -0.25) is 9.59 Å².